The normalized spacial score (nSPS) is 28.3. The summed E-state index contributed by atoms with van der Waals surface area (Å²) >= 11 is 0. The van der Waals surface area contributed by atoms with Gasteiger partial charge in [0.05, 0.1) is 0 Å². The van der Waals surface area contributed by atoms with Crippen molar-refractivity contribution in [3.8, 4) is 0 Å². The van der Waals surface area contributed by atoms with Gasteiger partial charge in [0.15, 0.2) is 0 Å². The summed E-state index contributed by atoms with van der Waals surface area (Å²) in [6.07, 6.45) is 8.15. The van der Waals surface area contributed by atoms with Crippen molar-refractivity contribution in [2.24, 2.45) is 0 Å². The van der Waals surface area contributed by atoms with Crippen molar-refractivity contribution in [1.82, 2.24) is 4.90 Å². The maximum Gasteiger partial charge on any atom is 0.0373 e. The fourth-order valence-corrected chi connectivity index (χ4v) is 3.78. The van der Waals surface area contributed by atoms with E-state index in [0.717, 1.165) is 12.6 Å². The molecule has 1 N–H and O–H groups in total. The van der Waals surface area contributed by atoms with E-state index in [0.29, 0.717) is 6.04 Å². The van der Waals surface area contributed by atoms with E-state index in [1.165, 1.54) is 56.3 Å². The summed E-state index contributed by atoms with van der Waals surface area (Å²) in [5, 5.41) is 3.63. The van der Waals surface area contributed by atoms with Crippen LogP contribution in [0.25, 0.3) is 0 Å². The van der Waals surface area contributed by atoms with E-state index in [4.69, 9.17) is 0 Å². The first-order chi connectivity index (χ1) is 9.38. The van der Waals surface area contributed by atoms with E-state index >= 15 is 0 Å². The van der Waals surface area contributed by atoms with Crippen LogP contribution in [-0.4, -0.2) is 30.1 Å². The molecule has 0 aliphatic carbocycles. The number of nitrogens with zero attached hydrogens (tertiary/aromatic N) is 1. The van der Waals surface area contributed by atoms with Crippen LogP contribution in [0.15, 0.2) is 24.3 Å². The van der Waals surface area contributed by atoms with Crippen molar-refractivity contribution in [3.63, 3.8) is 0 Å². The van der Waals surface area contributed by atoms with Crippen molar-refractivity contribution >= 4 is 5.69 Å². The van der Waals surface area contributed by atoms with Gasteiger partial charge in [-0.05, 0) is 43.9 Å². The molecular formula is C17H26N2. The van der Waals surface area contributed by atoms with Crippen LogP contribution in [0.3, 0.4) is 0 Å². The second-order valence-corrected chi connectivity index (χ2v) is 6.05. The van der Waals surface area contributed by atoms with Crippen molar-refractivity contribution in [3.05, 3.63) is 29.8 Å². The largest absolute Gasteiger partial charge is 0.383 e. The van der Waals surface area contributed by atoms with Crippen molar-refractivity contribution in [1.29, 1.82) is 0 Å². The first kappa shape index (κ1) is 13.0. The van der Waals surface area contributed by atoms with Gasteiger partial charge in [0, 0.05) is 24.3 Å². The van der Waals surface area contributed by atoms with E-state index in [1.807, 2.05) is 0 Å². The average molecular weight is 258 g/mol. The van der Waals surface area contributed by atoms with E-state index in [2.05, 4.69) is 41.4 Å². The number of benzene rings is 1. The van der Waals surface area contributed by atoms with E-state index in [9.17, 15) is 0 Å². The highest BCUT2D eigenvalue weighted by molar-refractivity contribution is 5.53. The molecule has 2 nitrogen and oxygen atoms in total. The third-order valence-corrected chi connectivity index (χ3v) is 4.86. The third-order valence-electron chi connectivity index (χ3n) is 4.86. The SMILES string of the molecule is CCC1CCCCCN1C1CNc2ccccc2C1. The fraction of sp³-hybridized carbons (Fsp3) is 0.647. The number of fused-ring (bicyclic) bond motifs is 1. The minimum absolute atomic E-state index is 0.693. The number of anilines is 1. The Kier molecular flexibility index (Phi) is 4.07. The number of nitrogens with one attached hydrogen (secondary N) is 1. The smallest absolute Gasteiger partial charge is 0.0373 e. The molecule has 19 heavy (non-hydrogen) atoms. The first-order valence-corrected chi connectivity index (χ1v) is 7.96. The zero-order valence-electron chi connectivity index (χ0n) is 12.1. The van der Waals surface area contributed by atoms with Gasteiger partial charge in [-0.3, -0.25) is 4.90 Å². The van der Waals surface area contributed by atoms with Gasteiger partial charge >= 0.3 is 0 Å². The standard InChI is InChI=1S/C17H26N2/c1-2-15-9-4-3-7-11-19(15)16-12-14-8-5-6-10-17(14)18-13-16/h5-6,8,10,15-16,18H,2-4,7,9,11-13H2,1H3. The molecule has 1 saturated heterocycles. The molecule has 0 aromatic heterocycles. The van der Waals surface area contributed by atoms with Crippen LogP contribution < -0.4 is 5.32 Å². The molecule has 1 aromatic rings. The van der Waals surface area contributed by atoms with Gasteiger partial charge < -0.3 is 5.32 Å². The molecule has 0 bridgehead atoms. The van der Waals surface area contributed by atoms with Gasteiger partial charge in [0.25, 0.3) is 0 Å². The lowest BCUT2D eigenvalue weighted by Crippen LogP contribution is -2.48. The minimum Gasteiger partial charge on any atom is -0.383 e. The third kappa shape index (κ3) is 2.79. The van der Waals surface area contributed by atoms with Gasteiger partial charge in [0.2, 0.25) is 0 Å². The van der Waals surface area contributed by atoms with Crippen LogP contribution in [0.4, 0.5) is 5.69 Å². The Balaban J connectivity index is 1.75. The average Bonchev–Trinajstić information content (AvgIpc) is 2.72. The van der Waals surface area contributed by atoms with Crippen molar-refractivity contribution < 1.29 is 0 Å². The van der Waals surface area contributed by atoms with Crippen molar-refractivity contribution in [2.45, 2.75) is 57.5 Å². The van der Waals surface area contributed by atoms with Crippen LogP contribution in [0, 0.1) is 0 Å². The molecular weight excluding hydrogens is 232 g/mol. The summed E-state index contributed by atoms with van der Waals surface area (Å²) in [6, 6.07) is 10.3. The Bertz CT molecular complexity index is 415. The highest BCUT2D eigenvalue weighted by Gasteiger charge is 2.29. The Morgan fingerprint density at radius 2 is 2.11 bits per heavy atom. The predicted molar refractivity (Wildman–Crippen MR) is 81.7 cm³/mol. The van der Waals surface area contributed by atoms with Gasteiger partial charge in [-0.1, -0.05) is 38.0 Å². The number of hydrogen-bond acceptors (Lipinski definition) is 2. The minimum atomic E-state index is 0.693. The molecule has 2 unspecified atom stereocenters. The topological polar surface area (TPSA) is 15.3 Å². The van der Waals surface area contributed by atoms with E-state index in [1.54, 1.807) is 0 Å². The lowest BCUT2D eigenvalue weighted by Gasteiger charge is -2.39. The van der Waals surface area contributed by atoms with Crippen LogP contribution in [0.5, 0.6) is 0 Å². The molecule has 2 atom stereocenters. The Morgan fingerprint density at radius 1 is 1.21 bits per heavy atom. The summed E-state index contributed by atoms with van der Waals surface area (Å²) in [6.45, 7) is 4.77. The molecule has 2 aliphatic heterocycles. The summed E-state index contributed by atoms with van der Waals surface area (Å²) < 4.78 is 0. The molecule has 0 spiro atoms. The maximum absolute atomic E-state index is 3.63. The summed E-state index contributed by atoms with van der Waals surface area (Å²) in [5.41, 5.74) is 2.85. The summed E-state index contributed by atoms with van der Waals surface area (Å²) in [5.74, 6) is 0. The van der Waals surface area contributed by atoms with Crippen LogP contribution in [-0.2, 0) is 6.42 Å². The molecule has 2 aliphatic rings. The Morgan fingerprint density at radius 3 is 3.00 bits per heavy atom. The zero-order valence-corrected chi connectivity index (χ0v) is 12.1. The highest BCUT2D eigenvalue weighted by Crippen LogP contribution is 2.28. The molecule has 2 heterocycles. The van der Waals surface area contributed by atoms with Gasteiger partial charge in [-0.25, -0.2) is 0 Å². The van der Waals surface area contributed by atoms with Crippen LogP contribution in [0.1, 0.15) is 44.6 Å². The highest BCUT2D eigenvalue weighted by atomic mass is 15.2. The fourth-order valence-electron chi connectivity index (χ4n) is 3.78. The Hall–Kier alpha value is -1.02. The number of rotatable bonds is 2. The molecule has 1 fully saturated rings. The lowest BCUT2D eigenvalue weighted by atomic mass is 9.96. The van der Waals surface area contributed by atoms with Crippen LogP contribution >= 0.6 is 0 Å². The zero-order chi connectivity index (χ0) is 13.1. The molecule has 1 aromatic carbocycles. The van der Waals surface area contributed by atoms with E-state index < -0.39 is 0 Å². The van der Waals surface area contributed by atoms with Gasteiger partial charge in [-0.2, -0.15) is 0 Å². The molecule has 0 amide bonds. The van der Waals surface area contributed by atoms with Crippen molar-refractivity contribution in [2.75, 3.05) is 18.4 Å². The molecule has 3 rings (SSSR count). The lowest BCUT2D eigenvalue weighted by molar-refractivity contribution is 0.136. The second kappa shape index (κ2) is 5.96. The molecule has 0 radical (unpaired) electrons. The summed E-state index contributed by atoms with van der Waals surface area (Å²) in [4.78, 5) is 2.80. The van der Waals surface area contributed by atoms with Crippen LogP contribution in [0.2, 0.25) is 0 Å². The van der Waals surface area contributed by atoms with Gasteiger partial charge in [-0.15, -0.1) is 0 Å². The van der Waals surface area contributed by atoms with E-state index in [-0.39, 0.29) is 0 Å². The molecule has 2 heteroatoms. The first-order valence-electron chi connectivity index (χ1n) is 7.96. The Labute approximate surface area is 117 Å². The predicted octanol–water partition coefficient (Wildman–Crippen LogP) is 3.68. The van der Waals surface area contributed by atoms with Gasteiger partial charge in [0.1, 0.15) is 0 Å². The quantitative estimate of drug-likeness (QED) is 0.870. The molecule has 0 saturated carbocycles. The summed E-state index contributed by atoms with van der Waals surface area (Å²) in [7, 11) is 0. The number of para-hydroxylation sites is 1. The molecule has 104 valence electrons. The monoisotopic (exact) mass is 258 g/mol. The maximum atomic E-state index is 3.63. The second-order valence-electron chi connectivity index (χ2n) is 6.05. The number of likely N-dealkylation sites (tertiary alicyclic amines) is 1. The number of hydrogen-bond donors (Lipinski definition) is 1.